The Morgan fingerprint density at radius 1 is 1.25 bits per heavy atom. The third kappa shape index (κ3) is 2.79. The number of hydrogen-bond donors (Lipinski definition) is 0. The molecule has 2 heterocycles. The molecule has 1 aromatic heterocycles. The second-order valence-corrected chi connectivity index (χ2v) is 6.53. The summed E-state index contributed by atoms with van der Waals surface area (Å²) in [5.74, 6) is 1.28. The van der Waals surface area contributed by atoms with Gasteiger partial charge in [-0.15, -0.1) is 0 Å². The molecular formula is C19H22N2O3. The molecule has 5 nitrogen and oxygen atoms in total. The molecule has 1 aromatic carbocycles. The number of aromatic nitrogens is 1. The van der Waals surface area contributed by atoms with E-state index in [1.807, 2.05) is 30.0 Å². The number of carbonyl (C=O) groups excluding carboxylic acids is 1. The summed E-state index contributed by atoms with van der Waals surface area (Å²) in [6, 6.07) is 8.16. The van der Waals surface area contributed by atoms with E-state index < -0.39 is 0 Å². The van der Waals surface area contributed by atoms with E-state index in [1.54, 1.807) is 0 Å². The quantitative estimate of drug-likeness (QED) is 0.845. The highest BCUT2D eigenvalue weighted by Crippen LogP contribution is 2.33. The molecule has 2 aliphatic rings. The molecule has 0 spiro atoms. The van der Waals surface area contributed by atoms with Crippen molar-refractivity contribution in [2.75, 3.05) is 6.61 Å². The summed E-state index contributed by atoms with van der Waals surface area (Å²) >= 11 is 0. The summed E-state index contributed by atoms with van der Waals surface area (Å²) in [6.45, 7) is 3.19. The second-order valence-electron chi connectivity index (χ2n) is 6.53. The zero-order chi connectivity index (χ0) is 16.5. The average Bonchev–Trinajstić information content (AvgIpc) is 2.61. The summed E-state index contributed by atoms with van der Waals surface area (Å²) in [6.07, 6.45) is 5.53. The van der Waals surface area contributed by atoms with Gasteiger partial charge in [-0.25, -0.2) is 9.78 Å². The second kappa shape index (κ2) is 6.30. The maximum atomic E-state index is 12.4. The van der Waals surface area contributed by atoms with E-state index in [0.29, 0.717) is 25.1 Å². The van der Waals surface area contributed by atoms with Crippen molar-refractivity contribution in [1.82, 2.24) is 9.88 Å². The van der Waals surface area contributed by atoms with Gasteiger partial charge in [-0.3, -0.25) is 0 Å². The minimum atomic E-state index is -0.257. The molecular weight excluding hydrogens is 304 g/mol. The van der Waals surface area contributed by atoms with Crippen molar-refractivity contribution in [3.63, 3.8) is 0 Å². The lowest BCUT2D eigenvalue weighted by Crippen LogP contribution is -2.45. The van der Waals surface area contributed by atoms with E-state index in [1.165, 1.54) is 19.3 Å². The van der Waals surface area contributed by atoms with Crippen molar-refractivity contribution in [3.8, 4) is 11.6 Å². The molecule has 0 atom stereocenters. The number of hydrogen-bond acceptors (Lipinski definition) is 4. The average molecular weight is 326 g/mol. The van der Waals surface area contributed by atoms with Gasteiger partial charge in [-0.1, -0.05) is 19.3 Å². The number of carbonyl (C=O) groups is 1. The van der Waals surface area contributed by atoms with Crippen LogP contribution in [0.5, 0.6) is 11.6 Å². The molecule has 1 aliphatic carbocycles. The van der Waals surface area contributed by atoms with Crippen LogP contribution in [-0.2, 0) is 6.54 Å². The highest BCUT2D eigenvalue weighted by Gasteiger charge is 2.32. The van der Waals surface area contributed by atoms with Crippen molar-refractivity contribution in [3.05, 3.63) is 29.8 Å². The van der Waals surface area contributed by atoms with Crippen LogP contribution in [0.1, 0.15) is 44.6 Å². The van der Waals surface area contributed by atoms with E-state index in [2.05, 4.69) is 11.1 Å². The van der Waals surface area contributed by atoms with Gasteiger partial charge in [0, 0.05) is 17.0 Å². The van der Waals surface area contributed by atoms with Gasteiger partial charge in [0.25, 0.3) is 0 Å². The van der Waals surface area contributed by atoms with Crippen LogP contribution in [0, 0.1) is 0 Å². The summed E-state index contributed by atoms with van der Waals surface area (Å²) < 4.78 is 11.1. The number of nitrogens with zero attached hydrogens (tertiary/aromatic N) is 2. The molecule has 2 aromatic rings. The fourth-order valence-corrected chi connectivity index (χ4v) is 3.70. The van der Waals surface area contributed by atoms with Crippen LogP contribution in [0.25, 0.3) is 10.9 Å². The predicted molar refractivity (Wildman–Crippen MR) is 91.4 cm³/mol. The van der Waals surface area contributed by atoms with Crippen molar-refractivity contribution >= 4 is 17.0 Å². The van der Waals surface area contributed by atoms with Crippen LogP contribution < -0.4 is 9.47 Å². The number of benzene rings is 1. The predicted octanol–water partition coefficient (Wildman–Crippen LogP) is 4.28. The van der Waals surface area contributed by atoms with E-state index in [4.69, 9.17) is 9.47 Å². The minimum absolute atomic E-state index is 0.257. The molecule has 126 valence electrons. The van der Waals surface area contributed by atoms with Crippen LogP contribution in [0.3, 0.4) is 0 Å². The van der Waals surface area contributed by atoms with Gasteiger partial charge >= 0.3 is 6.09 Å². The Morgan fingerprint density at radius 2 is 2.08 bits per heavy atom. The van der Waals surface area contributed by atoms with Gasteiger partial charge in [0.2, 0.25) is 5.88 Å². The number of ether oxygens (including phenoxy) is 2. The molecule has 0 bridgehead atoms. The van der Waals surface area contributed by atoms with Gasteiger partial charge in [0.1, 0.15) is 5.75 Å². The fraction of sp³-hybridized carbons (Fsp3) is 0.474. The molecule has 0 unspecified atom stereocenters. The van der Waals surface area contributed by atoms with E-state index in [9.17, 15) is 4.79 Å². The first-order valence-electron chi connectivity index (χ1n) is 8.79. The molecule has 1 aliphatic heterocycles. The van der Waals surface area contributed by atoms with Crippen molar-refractivity contribution in [2.45, 2.75) is 51.6 Å². The summed E-state index contributed by atoms with van der Waals surface area (Å²) in [7, 11) is 0. The monoisotopic (exact) mass is 326 g/mol. The van der Waals surface area contributed by atoms with Gasteiger partial charge < -0.3 is 14.4 Å². The first kappa shape index (κ1) is 15.2. The maximum Gasteiger partial charge on any atom is 0.417 e. The molecule has 5 heteroatoms. The third-order valence-corrected chi connectivity index (χ3v) is 4.91. The number of amides is 1. The Bertz CT molecular complexity index is 769. The summed E-state index contributed by atoms with van der Waals surface area (Å²) in [5.41, 5.74) is 1.79. The topological polar surface area (TPSA) is 51.7 Å². The summed E-state index contributed by atoms with van der Waals surface area (Å²) in [5, 5.41) is 1.02. The van der Waals surface area contributed by atoms with Crippen LogP contribution in [-0.4, -0.2) is 28.6 Å². The number of rotatable bonds is 3. The van der Waals surface area contributed by atoms with E-state index >= 15 is 0 Å². The lowest BCUT2D eigenvalue weighted by Gasteiger charge is -2.36. The standard InChI is InChI=1S/C19H22N2O3/c1-2-23-16-8-9-17-13(11-16)10-14-12-21(15-6-4-3-5-7-15)19(22)24-18(14)20-17/h8-11,15H,2-7,12H2,1H3. The molecule has 0 saturated heterocycles. The molecule has 1 saturated carbocycles. The molecule has 0 radical (unpaired) electrons. The minimum Gasteiger partial charge on any atom is -0.494 e. The lowest BCUT2D eigenvalue weighted by atomic mass is 9.94. The molecule has 24 heavy (non-hydrogen) atoms. The SMILES string of the molecule is CCOc1ccc2nc3c(cc2c1)CN(C1CCCCC1)C(=O)O3. The highest BCUT2D eigenvalue weighted by atomic mass is 16.6. The molecule has 4 rings (SSSR count). The normalized spacial score (nSPS) is 18.4. The molecule has 0 N–H and O–H groups in total. The van der Waals surface area contributed by atoms with Gasteiger partial charge in [0.05, 0.1) is 18.7 Å². The van der Waals surface area contributed by atoms with E-state index in [0.717, 1.165) is 35.1 Å². The van der Waals surface area contributed by atoms with Crippen LogP contribution in [0.15, 0.2) is 24.3 Å². The summed E-state index contributed by atoms with van der Waals surface area (Å²) in [4.78, 5) is 18.8. The van der Waals surface area contributed by atoms with Crippen LogP contribution >= 0.6 is 0 Å². The Morgan fingerprint density at radius 3 is 2.88 bits per heavy atom. The first-order chi connectivity index (χ1) is 11.7. The van der Waals surface area contributed by atoms with Crippen molar-refractivity contribution < 1.29 is 14.3 Å². The molecule has 1 fully saturated rings. The van der Waals surface area contributed by atoms with Gasteiger partial charge in [-0.2, -0.15) is 0 Å². The number of fused-ring (bicyclic) bond motifs is 2. The fourth-order valence-electron chi connectivity index (χ4n) is 3.70. The number of pyridine rings is 1. The third-order valence-electron chi connectivity index (χ3n) is 4.91. The van der Waals surface area contributed by atoms with Gasteiger partial charge in [0.15, 0.2) is 0 Å². The Balaban J connectivity index is 1.66. The van der Waals surface area contributed by atoms with Crippen LogP contribution in [0.4, 0.5) is 4.79 Å². The first-order valence-corrected chi connectivity index (χ1v) is 8.79. The van der Waals surface area contributed by atoms with E-state index in [-0.39, 0.29) is 6.09 Å². The molecule has 1 amide bonds. The largest absolute Gasteiger partial charge is 0.494 e. The zero-order valence-corrected chi connectivity index (χ0v) is 14.0. The lowest BCUT2D eigenvalue weighted by molar-refractivity contribution is 0.0999. The Kier molecular flexibility index (Phi) is 4.00. The van der Waals surface area contributed by atoms with Crippen molar-refractivity contribution in [1.29, 1.82) is 0 Å². The van der Waals surface area contributed by atoms with Crippen LogP contribution in [0.2, 0.25) is 0 Å². The Labute approximate surface area is 141 Å². The Hall–Kier alpha value is -2.30. The van der Waals surface area contributed by atoms with Gasteiger partial charge in [-0.05, 0) is 44.0 Å². The highest BCUT2D eigenvalue weighted by molar-refractivity contribution is 5.83. The smallest absolute Gasteiger partial charge is 0.417 e. The zero-order valence-electron chi connectivity index (χ0n) is 14.0. The maximum absolute atomic E-state index is 12.4. The van der Waals surface area contributed by atoms with Crippen molar-refractivity contribution in [2.24, 2.45) is 0 Å².